The van der Waals surface area contributed by atoms with Gasteiger partial charge in [0.15, 0.2) is 0 Å². The van der Waals surface area contributed by atoms with Crippen molar-refractivity contribution in [2.45, 2.75) is 33.0 Å². The highest BCUT2D eigenvalue weighted by Crippen LogP contribution is 2.29. The fraction of sp³-hybridized carbons (Fsp3) is 0.350. The number of carbonyl (C=O) groups is 1. The molecule has 2 aromatic rings. The molecular weight excluding hydrogens is 358 g/mol. The molecule has 1 aliphatic rings. The van der Waals surface area contributed by atoms with Crippen LogP contribution in [-0.2, 0) is 4.79 Å². The number of benzene rings is 2. The zero-order valence-electron chi connectivity index (χ0n) is 16.3. The Morgan fingerprint density at radius 1 is 1.04 bits per heavy atom. The summed E-state index contributed by atoms with van der Waals surface area (Å²) in [6.07, 6.45) is -0.340. The number of hydrazine groups is 2. The molecule has 2 aromatic carbocycles. The predicted octanol–water partition coefficient (Wildman–Crippen LogP) is 2.15. The smallest absolute Gasteiger partial charge is 0.246 e. The van der Waals surface area contributed by atoms with Crippen molar-refractivity contribution >= 4 is 17.3 Å². The summed E-state index contributed by atoms with van der Waals surface area (Å²) >= 11 is 0. The van der Waals surface area contributed by atoms with Gasteiger partial charge in [-0.1, -0.05) is 17.7 Å². The molecule has 1 heterocycles. The van der Waals surface area contributed by atoms with Gasteiger partial charge in [0, 0.05) is 11.8 Å². The van der Waals surface area contributed by atoms with Gasteiger partial charge in [0.2, 0.25) is 5.91 Å². The number of carbonyl (C=O) groups excluding carboxylic acids is 1. The molecule has 0 spiro atoms. The van der Waals surface area contributed by atoms with Crippen LogP contribution in [0.2, 0.25) is 0 Å². The lowest BCUT2D eigenvalue weighted by molar-refractivity contribution is -0.118. The monoisotopic (exact) mass is 385 g/mol. The van der Waals surface area contributed by atoms with Crippen LogP contribution in [0, 0.1) is 6.92 Å². The summed E-state index contributed by atoms with van der Waals surface area (Å²) in [7, 11) is 0. The van der Waals surface area contributed by atoms with Crippen LogP contribution >= 0.6 is 0 Å². The molecule has 2 atom stereocenters. The molecule has 8 nitrogen and oxygen atoms in total. The molecule has 3 rings (SSSR count). The SMILES string of the molecule is CCOc1ccc(OCC)c(NC(=O)C2NNNC2Nc2ccc(C)cc2)c1. The topological polar surface area (TPSA) is 95.7 Å². The predicted molar refractivity (Wildman–Crippen MR) is 109 cm³/mol. The molecule has 150 valence electrons. The van der Waals surface area contributed by atoms with Crippen molar-refractivity contribution in [2.75, 3.05) is 23.8 Å². The number of amides is 1. The minimum Gasteiger partial charge on any atom is -0.494 e. The Morgan fingerprint density at radius 3 is 2.50 bits per heavy atom. The van der Waals surface area contributed by atoms with E-state index < -0.39 is 6.04 Å². The van der Waals surface area contributed by atoms with Gasteiger partial charge < -0.3 is 20.1 Å². The van der Waals surface area contributed by atoms with Crippen LogP contribution in [0.5, 0.6) is 11.5 Å². The summed E-state index contributed by atoms with van der Waals surface area (Å²) in [5.74, 6) is 1.06. The first kappa shape index (κ1) is 19.9. The molecule has 8 heteroatoms. The van der Waals surface area contributed by atoms with Crippen LogP contribution < -0.4 is 36.5 Å². The average Bonchev–Trinajstić information content (AvgIpc) is 3.14. The number of anilines is 2. The Morgan fingerprint density at radius 2 is 1.79 bits per heavy atom. The van der Waals surface area contributed by atoms with Crippen molar-refractivity contribution in [2.24, 2.45) is 0 Å². The van der Waals surface area contributed by atoms with E-state index in [2.05, 4.69) is 27.0 Å². The van der Waals surface area contributed by atoms with Crippen molar-refractivity contribution in [3.8, 4) is 11.5 Å². The zero-order chi connectivity index (χ0) is 19.9. The van der Waals surface area contributed by atoms with E-state index in [9.17, 15) is 4.79 Å². The Kier molecular flexibility index (Phi) is 6.70. The van der Waals surface area contributed by atoms with E-state index in [1.54, 1.807) is 12.1 Å². The van der Waals surface area contributed by atoms with E-state index in [0.717, 1.165) is 5.69 Å². The van der Waals surface area contributed by atoms with E-state index in [0.29, 0.717) is 30.4 Å². The van der Waals surface area contributed by atoms with E-state index in [4.69, 9.17) is 9.47 Å². The number of hydrogen-bond donors (Lipinski definition) is 5. The number of hydrogen-bond acceptors (Lipinski definition) is 7. The van der Waals surface area contributed by atoms with Crippen molar-refractivity contribution in [3.63, 3.8) is 0 Å². The molecule has 1 fully saturated rings. The second kappa shape index (κ2) is 9.41. The van der Waals surface area contributed by atoms with Crippen LogP contribution in [0.3, 0.4) is 0 Å². The third-order valence-electron chi connectivity index (χ3n) is 4.26. The Labute approximate surface area is 164 Å². The molecule has 1 aliphatic heterocycles. The van der Waals surface area contributed by atoms with E-state index in [1.165, 1.54) is 5.56 Å². The van der Waals surface area contributed by atoms with Gasteiger partial charge >= 0.3 is 0 Å². The molecular formula is C20H27N5O3. The van der Waals surface area contributed by atoms with Crippen LogP contribution in [0.25, 0.3) is 0 Å². The summed E-state index contributed by atoms with van der Waals surface area (Å²) in [6, 6.07) is 12.8. The van der Waals surface area contributed by atoms with Crippen LogP contribution in [0.1, 0.15) is 19.4 Å². The Bertz CT molecular complexity index is 797. The van der Waals surface area contributed by atoms with Gasteiger partial charge in [-0.3, -0.25) is 4.79 Å². The second-order valence-electron chi connectivity index (χ2n) is 6.39. The number of nitrogens with one attached hydrogen (secondary N) is 5. The van der Waals surface area contributed by atoms with Crippen LogP contribution in [-0.4, -0.2) is 31.3 Å². The number of aryl methyl sites for hydroxylation is 1. The van der Waals surface area contributed by atoms with Crippen molar-refractivity contribution in [1.29, 1.82) is 0 Å². The highest BCUT2D eigenvalue weighted by molar-refractivity contribution is 5.97. The summed E-state index contributed by atoms with van der Waals surface area (Å²) in [6.45, 7) is 6.89. The Hall–Kier alpha value is -2.81. The summed E-state index contributed by atoms with van der Waals surface area (Å²) in [4.78, 5) is 12.9. The lowest BCUT2D eigenvalue weighted by atomic mass is 10.2. The largest absolute Gasteiger partial charge is 0.494 e. The van der Waals surface area contributed by atoms with Gasteiger partial charge in [0.1, 0.15) is 23.7 Å². The second-order valence-corrected chi connectivity index (χ2v) is 6.39. The molecule has 1 amide bonds. The molecule has 2 unspecified atom stereocenters. The van der Waals surface area contributed by atoms with Crippen molar-refractivity contribution in [1.82, 2.24) is 16.4 Å². The first-order chi connectivity index (χ1) is 13.6. The molecule has 0 bridgehead atoms. The summed E-state index contributed by atoms with van der Waals surface area (Å²) in [5.41, 5.74) is 11.4. The fourth-order valence-corrected chi connectivity index (χ4v) is 2.88. The normalized spacial score (nSPS) is 18.5. The molecule has 0 saturated carbocycles. The summed E-state index contributed by atoms with van der Waals surface area (Å²) < 4.78 is 11.2. The highest BCUT2D eigenvalue weighted by Gasteiger charge is 2.33. The van der Waals surface area contributed by atoms with Gasteiger partial charge in [-0.05, 0) is 45.0 Å². The van der Waals surface area contributed by atoms with Crippen LogP contribution in [0.4, 0.5) is 11.4 Å². The first-order valence-corrected chi connectivity index (χ1v) is 9.40. The standard InChI is InChI=1S/C20H27N5O3/c1-4-27-15-10-11-17(28-5-2)16(12-15)22-20(26)18-19(24-25-23-18)21-14-8-6-13(3)7-9-14/h6-12,18-19,21,23-25H,4-5H2,1-3H3,(H,22,26). The fourth-order valence-electron chi connectivity index (χ4n) is 2.88. The summed E-state index contributed by atoms with van der Waals surface area (Å²) in [5, 5.41) is 6.24. The van der Waals surface area contributed by atoms with Crippen molar-refractivity contribution < 1.29 is 14.3 Å². The van der Waals surface area contributed by atoms with Gasteiger partial charge in [-0.2, -0.15) is 5.53 Å². The minimum atomic E-state index is -0.550. The average molecular weight is 385 g/mol. The quantitative estimate of drug-likeness (QED) is 0.475. The zero-order valence-corrected chi connectivity index (χ0v) is 16.3. The van der Waals surface area contributed by atoms with E-state index in [-0.39, 0.29) is 12.1 Å². The number of rotatable bonds is 8. The molecule has 0 aromatic heterocycles. The third kappa shape index (κ3) is 4.92. The van der Waals surface area contributed by atoms with Gasteiger partial charge in [0.05, 0.1) is 18.9 Å². The molecule has 5 N–H and O–H groups in total. The molecule has 0 radical (unpaired) electrons. The maximum absolute atomic E-state index is 12.9. The molecule has 28 heavy (non-hydrogen) atoms. The lowest BCUT2D eigenvalue weighted by Crippen LogP contribution is -2.48. The van der Waals surface area contributed by atoms with E-state index in [1.807, 2.05) is 51.1 Å². The lowest BCUT2D eigenvalue weighted by Gasteiger charge is -2.21. The van der Waals surface area contributed by atoms with Gasteiger partial charge in [-0.15, -0.1) is 0 Å². The van der Waals surface area contributed by atoms with Crippen LogP contribution in [0.15, 0.2) is 42.5 Å². The Balaban J connectivity index is 1.72. The highest BCUT2D eigenvalue weighted by atomic mass is 16.5. The maximum atomic E-state index is 12.9. The minimum absolute atomic E-state index is 0.211. The van der Waals surface area contributed by atoms with E-state index >= 15 is 0 Å². The first-order valence-electron chi connectivity index (χ1n) is 9.40. The third-order valence-corrected chi connectivity index (χ3v) is 4.26. The number of ether oxygens (including phenoxy) is 2. The van der Waals surface area contributed by atoms with Gasteiger partial charge in [-0.25, -0.2) is 10.9 Å². The van der Waals surface area contributed by atoms with Crippen molar-refractivity contribution in [3.05, 3.63) is 48.0 Å². The molecule has 1 saturated heterocycles. The maximum Gasteiger partial charge on any atom is 0.246 e. The van der Waals surface area contributed by atoms with Gasteiger partial charge in [0.25, 0.3) is 0 Å². The molecule has 0 aliphatic carbocycles.